The number of carboxylic acid groups (broad SMARTS) is 2. The number of benzene rings is 2. The van der Waals surface area contributed by atoms with Gasteiger partial charge in [0.2, 0.25) is 0 Å². The molecule has 5 heteroatoms. The molecule has 0 amide bonds. The summed E-state index contributed by atoms with van der Waals surface area (Å²) in [7, 11) is 0. The molecule has 0 unspecified atom stereocenters. The van der Waals surface area contributed by atoms with Gasteiger partial charge in [-0.05, 0) is 68.2 Å². The molecule has 2 aromatic rings. The Hall–Kier alpha value is -2.27. The van der Waals surface area contributed by atoms with Crippen LogP contribution in [0.5, 0.6) is 0 Å². The molecule has 2 rings (SSSR count). The molecule has 0 aliphatic heterocycles. The van der Waals surface area contributed by atoms with Gasteiger partial charge in [-0.1, -0.05) is 94.8 Å². The van der Waals surface area contributed by atoms with E-state index >= 15 is 0 Å². The zero-order chi connectivity index (χ0) is 27.3. The molecule has 35 heavy (non-hydrogen) atoms. The maximum atomic E-state index is 12.4. The SMILES string of the molecule is CC(C)(C)c1cc(Sc2cc(C(C)(C)C)c(C(=O)O)c(C(C)(C)C)c2)cc(C(C)(C)C)c1C(=O)O. The van der Waals surface area contributed by atoms with Crippen molar-refractivity contribution in [1.82, 2.24) is 0 Å². The minimum absolute atomic E-state index is 0.357. The molecule has 0 saturated heterocycles. The summed E-state index contributed by atoms with van der Waals surface area (Å²) in [6.07, 6.45) is 0. The van der Waals surface area contributed by atoms with Crippen LogP contribution in [0.1, 0.15) is 126 Å². The number of carbonyl (C=O) groups is 2. The Bertz CT molecular complexity index is 985. The molecule has 0 heterocycles. The first-order valence-corrected chi connectivity index (χ1v) is 12.9. The fraction of sp³-hybridized carbons (Fsp3) is 0.533. The van der Waals surface area contributed by atoms with Crippen LogP contribution >= 0.6 is 11.8 Å². The van der Waals surface area contributed by atoms with E-state index in [9.17, 15) is 19.8 Å². The summed E-state index contributed by atoms with van der Waals surface area (Å²) in [5, 5.41) is 20.3. The van der Waals surface area contributed by atoms with Crippen LogP contribution in [0.3, 0.4) is 0 Å². The van der Waals surface area contributed by atoms with E-state index in [2.05, 4.69) is 0 Å². The summed E-state index contributed by atoms with van der Waals surface area (Å²) in [4.78, 5) is 26.6. The van der Waals surface area contributed by atoms with E-state index in [1.54, 1.807) is 11.8 Å². The van der Waals surface area contributed by atoms with Gasteiger partial charge in [0.15, 0.2) is 0 Å². The zero-order valence-electron chi connectivity index (χ0n) is 23.4. The number of rotatable bonds is 4. The summed E-state index contributed by atoms with van der Waals surface area (Å²) in [6.45, 7) is 24.4. The normalized spacial score (nSPS) is 13.1. The third kappa shape index (κ3) is 6.49. The fourth-order valence-corrected chi connectivity index (χ4v) is 5.29. The lowest BCUT2D eigenvalue weighted by Crippen LogP contribution is -2.24. The third-order valence-electron chi connectivity index (χ3n) is 6.12. The summed E-state index contributed by atoms with van der Waals surface area (Å²) >= 11 is 1.56. The molecule has 0 atom stereocenters. The lowest BCUT2D eigenvalue weighted by molar-refractivity contribution is 0.0680. The molecule has 192 valence electrons. The zero-order valence-corrected chi connectivity index (χ0v) is 24.2. The molecular formula is C30H42O4S. The Labute approximate surface area is 215 Å². The van der Waals surface area contributed by atoms with E-state index < -0.39 is 11.9 Å². The van der Waals surface area contributed by atoms with Crippen molar-refractivity contribution in [3.63, 3.8) is 0 Å². The standard InChI is InChI=1S/C30H42O4S/c1-27(2,3)19-13-17(14-20(28(4,5)6)23(19)25(31)32)35-18-15-21(29(7,8)9)24(26(33)34)22(16-18)30(10,11)12/h13-16H,1-12H3,(H,31,32)(H,33,34). The molecule has 0 aliphatic rings. The molecule has 0 aliphatic carbocycles. The van der Waals surface area contributed by atoms with Gasteiger partial charge in [0.25, 0.3) is 0 Å². The Morgan fingerprint density at radius 2 is 0.714 bits per heavy atom. The molecule has 4 nitrogen and oxygen atoms in total. The summed E-state index contributed by atoms with van der Waals surface area (Å²) in [5.41, 5.74) is 2.53. The first kappa shape index (κ1) is 29.0. The van der Waals surface area contributed by atoms with E-state index in [-0.39, 0.29) is 21.7 Å². The lowest BCUT2D eigenvalue weighted by Gasteiger charge is -2.30. The largest absolute Gasteiger partial charge is 0.478 e. The van der Waals surface area contributed by atoms with Crippen LogP contribution in [-0.4, -0.2) is 22.2 Å². The van der Waals surface area contributed by atoms with Crippen LogP contribution in [-0.2, 0) is 21.7 Å². The van der Waals surface area contributed by atoms with Crippen molar-refractivity contribution in [2.75, 3.05) is 0 Å². The van der Waals surface area contributed by atoms with Gasteiger partial charge in [-0.3, -0.25) is 0 Å². The second-order valence-electron chi connectivity index (χ2n) is 13.5. The molecule has 2 N–H and O–H groups in total. The molecule has 0 fully saturated rings. The molecule has 0 spiro atoms. The fourth-order valence-electron chi connectivity index (χ4n) is 4.31. The highest BCUT2D eigenvalue weighted by molar-refractivity contribution is 7.99. The Morgan fingerprint density at radius 1 is 0.514 bits per heavy atom. The summed E-state index contributed by atoms with van der Waals surface area (Å²) in [5.74, 6) is -1.82. The lowest BCUT2D eigenvalue weighted by atomic mass is 9.76. The minimum Gasteiger partial charge on any atom is -0.478 e. The molecule has 0 bridgehead atoms. The molecule has 0 aromatic heterocycles. The Balaban J connectivity index is 2.89. The van der Waals surface area contributed by atoms with Crippen molar-refractivity contribution < 1.29 is 19.8 Å². The van der Waals surface area contributed by atoms with Gasteiger partial charge < -0.3 is 10.2 Å². The quantitative estimate of drug-likeness (QED) is 0.442. The maximum Gasteiger partial charge on any atom is 0.336 e. The van der Waals surface area contributed by atoms with E-state index in [0.29, 0.717) is 11.1 Å². The predicted octanol–water partition coefficient (Wildman–Crippen LogP) is 8.42. The van der Waals surface area contributed by atoms with Crippen LogP contribution in [0.15, 0.2) is 34.1 Å². The monoisotopic (exact) mass is 498 g/mol. The van der Waals surface area contributed by atoms with Crippen molar-refractivity contribution in [3.05, 3.63) is 57.6 Å². The van der Waals surface area contributed by atoms with E-state index in [4.69, 9.17) is 0 Å². The van der Waals surface area contributed by atoms with Gasteiger partial charge in [0.05, 0.1) is 11.1 Å². The maximum absolute atomic E-state index is 12.4. The second kappa shape index (κ2) is 9.31. The molecule has 0 radical (unpaired) electrons. The molecule has 0 saturated carbocycles. The number of aromatic carboxylic acids is 2. The number of carboxylic acids is 2. The van der Waals surface area contributed by atoms with Crippen LogP contribution in [0, 0.1) is 0 Å². The third-order valence-corrected chi connectivity index (χ3v) is 7.06. The summed E-state index contributed by atoms with van der Waals surface area (Å²) in [6, 6.07) is 7.95. The topological polar surface area (TPSA) is 74.6 Å². The highest BCUT2D eigenvalue weighted by Crippen LogP contribution is 2.43. The van der Waals surface area contributed by atoms with Crippen LogP contribution in [0.2, 0.25) is 0 Å². The smallest absolute Gasteiger partial charge is 0.336 e. The van der Waals surface area contributed by atoms with Crippen molar-refractivity contribution in [2.45, 2.75) is 115 Å². The highest BCUT2D eigenvalue weighted by atomic mass is 32.2. The van der Waals surface area contributed by atoms with E-state index in [1.165, 1.54) is 0 Å². The van der Waals surface area contributed by atoms with Gasteiger partial charge in [0, 0.05) is 9.79 Å². The van der Waals surface area contributed by atoms with Crippen molar-refractivity contribution in [1.29, 1.82) is 0 Å². The van der Waals surface area contributed by atoms with Crippen LogP contribution in [0.25, 0.3) is 0 Å². The van der Waals surface area contributed by atoms with Gasteiger partial charge in [-0.2, -0.15) is 0 Å². The van der Waals surface area contributed by atoms with Gasteiger partial charge in [-0.25, -0.2) is 9.59 Å². The molecule has 2 aromatic carbocycles. The van der Waals surface area contributed by atoms with E-state index in [1.807, 2.05) is 107 Å². The van der Waals surface area contributed by atoms with Crippen molar-refractivity contribution in [2.24, 2.45) is 0 Å². The Kier molecular flexibility index (Phi) is 7.70. The summed E-state index contributed by atoms with van der Waals surface area (Å²) < 4.78 is 0. The van der Waals surface area contributed by atoms with Gasteiger partial charge in [0.1, 0.15) is 0 Å². The first-order valence-electron chi connectivity index (χ1n) is 12.1. The molecular weight excluding hydrogens is 456 g/mol. The number of hydrogen-bond donors (Lipinski definition) is 2. The van der Waals surface area contributed by atoms with Gasteiger partial charge >= 0.3 is 11.9 Å². The van der Waals surface area contributed by atoms with Crippen molar-refractivity contribution >= 4 is 23.7 Å². The predicted molar refractivity (Wildman–Crippen MR) is 146 cm³/mol. The average Bonchev–Trinajstić information content (AvgIpc) is 2.63. The van der Waals surface area contributed by atoms with Crippen LogP contribution < -0.4 is 0 Å². The second-order valence-corrected chi connectivity index (χ2v) is 14.6. The van der Waals surface area contributed by atoms with Crippen molar-refractivity contribution in [3.8, 4) is 0 Å². The van der Waals surface area contributed by atoms with E-state index in [0.717, 1.165) is 32.0 Å². The average molecular weight is 499 g/mol. The highest BCUT2D eigenvalue weighted by Gasteiger charge is 2.32. The minimum atomic E-state index is -0.910. The first-order chi connectivity index (χ1) is 15.5. The Morgan fingerprint density at radius 3 is 0.857 bits per heavy atom. The van der Waals surface area contributed by atoms with Gasteiger partial charge in [-0.15, -0.1) is 0 Å². The number of hydrogen-bond acceptors (Lipinski definition) is 3. The van der Waals surface area contributed by atoms with Crippen LogP contribution in [0.4, 0.5) is 0 Å².